The van der Waals surface area contributed by atoms with Crippen LogP contribution in [0.2, 0.25) is 0 Å². The molecule has 0 unspecified atom stereocenters. The number of rotatable bonds is 5. The summed E-state index contributed by atoms with van der Waals surface area (Å²) in [4.78, 5) is 0. The normalized spacial score (nSPS) is 10.9. The predicted molar refractivity (Wildman–Crippen MR) is 74.9 cm³/mol. The van der Waals surface area contributed by atoms with Crippen LogP contribution in [0.25, 0.3) is 0 Å². The molecule has 15 heavy (non-hydrogen) atoms. The Labute approximate surface area is 120 Å². The van der Waals surface area contributed by atoms with Crippen LogP contribution in [0.15, 0.2) is 42.0 Å². The summed E-state index contributed by atoms with van der Waals surface area (Å²) >= 11 is 3.43. The van der Waals surface area contributed by atoms with Gasteiger partial charge in [0.1, 0.15) is 0 Å². The van der Waals surface area contributed by atoms with Gasteiger partial charge in [0.05, 0.1) is 0 Å². The molecular formula is C13H19BrMg. The fraction of sp³-hybridized carbons (Fsp3) is 0.385. The van der Waals surface area contributed by atoms with E-state index in [2.05, 4.69) is 59.3 Å². The summed E-state index contributed by atoms with van der Waals surface area (Å²) in [7, 11) is 0. The summed E-state index contributed by atoms with van der Waals surface area (Å²) in [6.45, 7) is 2.21. The number of allylic oxidation sites excluding steroid dienone is 2. The Kier molecular flexibility index (Phi) is 9.56. The second-order valence-corrected chi connectivity index (χ2v) is 4.31. The maximum Gasteiger partial charge on any atom is 2.00 e. The fourth-order valence-corrected chi connectivity index (χ4v) is 1.62. The van der Waals surface area contributed by atoms with Crippen molar-refractivity contribution in [3.8, 4) is 0 Å². The largest absolute Gasteiger partial charge is 2.00 e. The molecule has 0 amide bonds. The van der Waals surface area contributed by atoms with Crippen LogP contribution in [0.1, 0.15) is 28.2 Å². The van der Waals surface area contributed by atoms with Crippen molar-refractivity contribution in [3.05, 3.63) is 47.5 Å². The maximum absolute atomic E-state index is 3.43. The predicted octanol–water partition coefficient (Wildman–Crippen LogP) is 4.19. The Bertz CT molecular complexity index is 289. The van der Waals surface area contributed by atoms with Crippen molar-refractivity contribution in [1.29, 1.82) is 0 Å². The van der Waals surface area contributed by atoms with Gasteiger partial charge in [0.25, 0.3) is 0 Å². The number of hydrogen-bond donors (Lipinski definition) is 0. The fourth-order valence-electron chi connectivity index (χ4n) is 1.39. The number of hydrogen-bond acceptors (Lipinski definition) is 0. The van der Waals surface area contributed by atoms with E-state index in [9.17, 15) is 0 Å². The van der Waals surface area contributed by atoms with Crippen molar-refractivity contribution in [1.82, 2.24) is 0 Å². The number of halogens is 1. The van der Waals surface area contributed by atoms with Crippen LogP contribution in [-0.4, -0.2) is 28.4 Å². The first-order valence-corrected chi connectivity index (χ1v) is 6.20. The van der Waals surface area contributed by atoms with Crippen LogP contribution in [0.5, 0.6) is 0 Å². The third kappa shape index (κ3) is 7.15. The van der Waals surface area contributed by atoms with E-state index in [-0.39, 0.29) is 25.9 Å². The van der Waals surface area contributed by atoms with Crippen molar-refractivity contribution in [2.45, 2.75) is 26.2 Å². The van der Waals surface area contributed by atoms with Gasteiger partial charge >= 0.3 is 23.1 Å². The van der Waals surface area contributed by atoms with Crippen LogP contribution in [-0.2, 0) is 6.42 Å². The molecule has 0 saturated heterocycles. The van der Waals surface area contributed by atoms with E-state index < -0.39 is 0 Å². The molecular weight excluding hydrogens is 260 g/mol. The standard InChI is InChI=1S/C13H17Br.Mg.2H/c1-12(6-5-11-14)9-10-13-7-3-2-4-8-13;;;/h2-4,6-8H,5,9-11H2,1H3;;;/q;+2;2*-1. The minimum absolute atomic E-state index is 0. The Morgan fingerprint density at radius 3 is 2.60 bits per heavy atom. The van der Waals surface area contributed by atoms with Gasteiger partial charge in [-0.25, -0.2) is 0 Å². The SMILES string of the molecule is CC(=CCCBr)CCc1ccccc1.[H-].[H-].[Mg+2]. The van der Waals surface area contributed by atoms with E-state index in [1.165, 1.54) is 17.6 Å². The summed E-state index contributed by atoms with van der Waals surface area (Å²) in [5, 5.41) is 1.07. The van der Waals surface area contributed by atoms with E-state index in [0.29, 0.717) is 0 Å². The molecule has 0 saturated carbocycles. The summed E-state index contributed by atoms with van der Waals surface area (Å²) in [5.41, 5.74) is 2.92. The summed E-state index contributed by atoms with van der Waals surface area (Å²) in [5.74, 6) is 0. The van der Waals surface area contributed by atoms with E-state index in [1.54, 1.807) is 0 Å². The zero-order chi connectivity index (χ0) is 10.2. The summed E-state index contributed by atoms with van der Waals surface area (Å²) in [6.07, 6.45) is 5.79. The van der Waals surface area contributed by atoms with Crippen molar-refractivity contribution in [2.75, 3.05) is 5.33 Å². The van der Waals surface area contributed by atoms with E-state index in [1.807, 2.05) is 0 Å². The molecule has 0 heterocycles. The zero-order valence-corrected chi connectivity index (χ0v) is 12.4. The third-order valence-electron chi connectivity index (χ3n) is 2.25. The van der Waals surface area contributed by atoms with Gasteiger partial charge in [0, 0.05) is 5.33 Å². The molecule has 0 bridgehead atoms. The quantitative estimate of drug-likeness (QED) is 0.430. The molecule has 1 rings (SSSR count). The van der Waals surface area contributed by atoms with Crippen molar-refractivity contribution in [3.63, 3.8) is 0 Å². The molecule has 0 aromatic heterocycles. The minimum Gasteiger partial charge on any atom is -1.00 e. The first kappa shape index (κ1) is 15.2. The molecule has 1 aromatic carbocycles. The molecule has 1 aromatic rings. The molecule has 2 heteroatoms. The molecule has 0 atom stereocenters. The van der Waals surface area contributed by atoms with Gasteiger partial charge in [0.15, 0.2) is 0 Å². The first-order chi connectivity index (χ1) is 6.83. The number of benzene rings is 1. The minimum atomic E-state index is 0. The molecule has 0 aliphatic rings. The number of aryl methyl sites for hydroxylation is 1. The smallest absolute Gasteiger partial charge is 1.00 e. The van der Waals surface area contributed by atoms with E-state index in [0.717, 1.165) is 18.2 Å². The van der Waals surface area contributed by atoms with Crippen LogP contribution in [0.4, 0.5) is 0 Å². The van der Waals surface area contributed by atoms with Gasteiger partial charge < -0.3 is 2.85 Å². The monoisotopic (exact) mass is 278 g/mol. The van der Waals surface area contributed by atoms with Crippen LogP contribution >= 0.6 is 15.9 Å². The molecule has 0 N–H and O–H groups in total. The zero-order valence-electron chi connectivity index (χ0n) is 11.4. The average molecular weight is 280 g/mol. The van der Waals surface area contributed by atoms with Crippen molar-refractivity contribution >= 4 is 39.0 Å². The van der Waals surface area contributed by atoms with E-state index in [4.69, 9.17) is 0 Å². The Hall–Kier alpha value is 0.206. The summed E-state index contributed by atoms with van der Waals surface area (Å²) in [6, 6.07) is 10.7. The van der Waals surface area contributed by atoms with Crippen molar-refractivity contribution < 1.29 is 2.85 Å². The molecule has 0 spiro atoms. The molecule has 0 radical (unpaired) electrons. The second-order valence-electron chi connectivity index (χ2n) is 3.51. The second kappa shape index (κ2) is 9.43. The van der Waals surface area contributed by atoms with E-state index >= 15 is 0 Å². The van der Waals surface area contributed by atoms with Crippen molar-refractivity contribution in [2.24, 2.45) is 0 Å². The first-order valence-electron chi connectivity index (χ1n) is 5.08. The van der Waals surface area contributed by atoms with Gasteiger partial charge in [0.2, 0.25) is 0 Å². The average Bonchev–Trinajstić information content (AvgIpc) is 2.25. The Morgan fingerprint density at radius 1 is 1.33 bits per heavy atom. The van der Waals surface area contributed by atoms with Gasteiger partial charge in [-0.2, -0.15) is 0 Å². The Morgan fingerprint density at radius 2 is 2.00 bits per heavy atom. The van der Waals surface area contributed by atoms with Gasteiger partial charge in [-0.05, 0) is 31.7 Å². The molecule has 0 fully saturated rings. The van der Waals surface area contributed by atoms with Crippen LogP contribution in [0, 0.1) is 0 Å². The molecule has 80 valence electrons. The Balaban J connectivity index is -0.000000653. The maximum atomic E-state index is 3.43. The molecule has 0 aliphatic heterocycles. The summed E-state index contributed by atoms with van der Waals surface area (Å²) < 4.78 is 0. The van der Waals surface area contributed by atoms with Gasteiger partial charge in [-0.3, -0.25) is 0 Å². The topological polar surface area (TPSA) is 0 Å². The molecule has 0 aliphatic carbocycles. The van der Waals surface area contributed by atoms with Crippen LogP contribution in [0.3, 0.4) is 0 Å². The molecule has 0 nitrogen and oxygen atoms in total. The van der Waals surface area contributed by atoms with Gasteiger partial charge in [-0.1, -0.05) is 57.9 Å². The number of alkyl halides is 1. The van der Waals surface area contributed by atoms with Gasteiger partial charge in [-0.15, -0.1) is 0 Å². The third-order valence-corrected chi connectivity index (χ3v) is 2.71. The van der Waals surface area contributed by atoms with Crippen LogP contribution < -0.4 is 0 Å².